The van der Waals surface area contributed by atoms with Crippen LogP contribution in [0.25, 0.3) is 0 Å². The normalized spacial score (nSPS) is 22.1. The van der Waals surface area contributed by atoms with Gasteiger partial charge in [-0.25, -0.2) is 4.98 Å². The van der Waals surface area contributed by atoms with E-state index in [1.54, 1.807) is 0 Å². The lowest BCUT2D eigenvalue weighted by atomic mass is 10.1. The first-order valence-corrected chi connectivity index (χ1v) is 7.45. The van der Waals surface area contributed by atoms with Crippen LogP contribution in [0.5, 0.6) is 0 Å². The van der Waals surface area contributed by atoms with E-state index < -0.39 is 0 Å². The van der Waals surface area contributed by atoms with Crippen LogP contribution in [0.3, 0.4) is 0 Å². The van der Waals surface area contributed by atoms with Crippen molar-refractivity contribution >= 4 is 32.4 Å². The summed E-state index contributed by atoms with van der Waals surface area (Å²) < 4.78 is 0. The van der Waals surface area contributed by atoms with E-state index in [0.29, 0.717) is 6.04 Å². The highest BCUT2D eigenvalue weighted by Gasteiger charge is 2.21. The maximum atomic E-state index is 4.67. The van der Waals surface area contributed by atoms with Gasteiger partial charge in [0.05, 0.1) is 5.69 Å². The number of piperidine rings is 1. The topological polar surface area (TPSA) is 16.1 Å². The second kappa shape index (κ2) is 4.83. The Hall–Kier alpha value is -0.0900. The molecule has 84 valence electrons. The fraction of sp³-hybridized carbons (Fsp3) is 0.727. The molecule has 0 N–H and O–H groups in total. The van der Waals surface area contributed by atoms with Crippen LogP contribution in [0.1, 0.15) is 36.8 Å². The molecule has 0 amide bonds. The molecule has 1 aliphatic heterocycles. The number of aryl methyl sites for hydroxylation is 1. The van der Waals surface area contributed by atoms with E-state index in [1.807, 2.05) is 11.3 Å². The summed E-state index contributed by atoms with van der Waals surface area (Å²) in [5.74, 6) is 0. The molecule has 0 spiro atoms. The number of anilines is 1. The van der Waals surface area contributed by atoms with E-state index in [-0.39, 0.29) is 0 Å². The first-order valence-electron chi connectivity index (χ1n) is 5.51. The predicted octanol–water partition coefficient (Wildman–Crippen LogP) is 3.73. The third-order valence-electron chi connectivity index (χ3n) is 3.05. The Kier molecular flexibility index (Phi) is 3.67. The summed E-state index contributed by atoms with van der Waals surface area (Å²) in [6, 6.07) is 0.660. The number of alkyl halides is 1. The van der Waals surface area contributed by atoms with Crippen LogP contribution in [0, 0.1) is 6.92 Å². The Bertz CT molecular complexity index is 337. The average Bonchev–Trinajstić information content (AvgIpc) is 2.60. The predicted molar refractivity (Wildman–Crippen MR) is 70.1 cm³/mol. The SMILES string of the molecule is Cc1nc(N2CCCCC2C)sc1CBr. The van der Waals surface area contributed by atoms with Crippen LogP contribution >= 0.6 is 27.3 Å². The first kappa shape index (κ1) is 11.4. The zero-order valence-corrected chi connectivity index (χ0v) is 11.7. The molecule has 1 saturated heterocycles. The maximum Gasteiger partial charge on any atom is 0.186 e. The van der Waals surface area contributed by atoms with Crippen molar-refractivity contribution in [3.8, 4) is 0 Å². The Morgan fingerprint density at radius 1 is 1.53 bits per heavy atom. The van der Waals surface area contributed by atoms with Gasteiger partial charge in [-0.3, -0.25) is 0 Å². The van der Waals surface area contributed by atoms with Crippen LogP contribution in [0.2, 0.25) is 0 Å². The molecule has 1 aliphatic rings. The first-order chi connectivity index (χ1) is 7.22. The molecule has 1 atom stereocenters. The fourth-order valence-corrected chi connectivity index (χ4v) is 3.83. The minimum absolute atomic E-state index is 0.660. The summed E-state index contributed by atoms with van der Waals surface area (Å²) in [7, 11) is 0. The van der Waals surface area contributed by atoms with E-state index in [4.69, 9.17) is 0 Å². The highest BCUT2D eigenvalue weighted by atomic mass is 79.9. The highest BCUT2D eigenvalue weighted by molar-refractivity contribution is 9.08. The van der Waals surface area contributed by atoms with E-state index in [2.05, 4.69) is 39.7 Å². The Morgan fingerprint density at radius 3 is 2.93 bits per heavy atom. The van der Waals surface area contributed by atoms with Gasteiger partial charge >= 0.3 is 0 Å². The molecule has 0 bridgehead atoms. The van der Waals surface area contributed by atoms with Crippen LogP contribution in [0.4, 0.5) is 5.13 Å². The van der Waals surface area contributed by atoms with Gasteiger partial charge in [0.2, 0.25) is 0 Å². The fourth-order valence-electron chi connectivity index (χ4n) is 2.04. The van der Waals surface area contributed by atoms with Gasteiger partial charge in [0.15, 0.2) is 5.13 Å². The molecule has 2 rings (SSSR count). The summed E-state index contributed by atoms with van der Waals surface area (Å²) >= 11 is 5.35. The van der Waals surface area contributed by atoms with E-state index in [9.17, 15) is 0 Å². The molecular formula is C11H17BrN2S. The van der Waals surface area contributed by atoms with Gasteiger partial charge < -0.3 is 4.90 Å². The summed E-state index contributed by atoms with van der Waals surface area (Å²) in [5, 5.41) is 2.15. The van der Waals surface area contributed by atoms with Gasteiger partial charge in [0, 0.05) is 22.8 Å². The van der Waals surface area contributed by atoms with Crippen molar-refractivity contribution < 1.29 is 0 Å². The lowest BCUT2D eigenvalue weighted by Gasteiger charge is -2.33. The van der Waals surface area contributed by atoms with Crippen molar-refractivity contribution in [2.75, 3.05) is 11.4 Å². The van der Waals surface area contributed by atoms with Gasteiger partial charge in [-0.15, -0.1) is 11.3 Å². The number of hydrogen-bond acceptors (Lipinski definition) is 3. The number of rotatable bonds is 2. The highest BCUT2D eigenvalue weighted by Crippen LogP contribution is 2.31. The van der Waals surface area contributed by atoms with Gasteiger partial charge in [0.25, 0.3) is 0 Å². The molecule has 0 aromatic carbocycles. The third kappa shape index (κ3) is 2.36. The largest absolute Gasteiger partial charge is 0.345 e. The third-order valence-corrected chi connectivity index (χ3v) is 5.18. The number of halogens is 1. The molecule has 4 heteroatoms. The molecule has 2 heterocycles. The van der Waals surface area contributed by atoms with Crippen molar-refractivity contribution in [2.45, 2.75) is 44.5 Å². The molecule has 1 aromatic rings. The minimum atomic E-state index is 0.660. The van der Waals surface area contributed by atoms with Crippen molar-refractivity contribution in [1.82, 2.24) is 4.98 Å². The average molecular weight is 289 g/mol. The van der Waals surface area contributed by atoms with E-state index in [1.165, 1.54) is 41.5 Å². The van der Waals surface area contributed by atoms with Crippen molar-refractivity contribution in [3.05, 3.63) is 10.6 Å². The van der Waals surface area contributed by atoms with Crippen molar-refractivity contribution in [2.24, 2.45) is 0 Å². The zero-order valence-electron chi connectivity index (χ0n) is 9.29. The van der Waals surface area contributed by atoms with Gasteiger partial charge in [-0.1, -0.05) is 15.9 Å². The molecule has 1 fully saturated rings. The van der Waals surface area contributed by atoms with Crippen LogP contribution in [0.15, 0.2) is 0 Å². The quantitative estimate of drug-likeness (QED) is 0.771. The summed E-state index contributed by atoms with van der Waals surface area (Å²) in [5.41, 5.74) is 1.18. The van der Waals surface area contributed by atoms with E-state index in [0.717, 1.165) is 5.33 Å². The second-order valence-electron chi connectivity index (χ2n) is 4.18. The zero-order chi connectivity index (χ0) is 10.8. The summed E-state index contributed by atoms with van der Waals surface area (Å²) in [6.45, 7) is 5.59. The summed E-state index contributed by atoms with van der Waals surface area (Å²) in [4.78, 5) is 8.50. The van der Waals surface area contributed by atoms with Crippen molar-refractivity contribution in [1.29, 1.82) is 0 Å². The molecule has 1 unspecified atom stereocenters. The molecule has 0 saturated carbocycles. The van der Waals surface area contributed by atoms with Gasteiger partial charge in [-0.05, 0) is 33.1 Å². The minimum Gasteiger partial charge on any atom is -0.345 e. The Balaban J connectivity index is 2.20. The number of nitrogens with zero attached hydrogens (tertiary/aromatic N) is 2. The van der Waals surface area contributed by atoms with Gasteiger partial charge in [-0.2, -0.15) is 0 Å². The van der Waals surface area contributed by atoms with Crippen LogP contribution in [-0.4, -0.2) is 17.6 Å². The van der Waals surface area contributed by atoms with Gasteiger partial charge in [0.1, 0.15) is 0 Å². The molecule has 0 aliphatic carbocycles. The standard InChI is InChI=1S/C11H17BrN2S/c1-8-5-3-4-6-14(8)11-13-9(2)10(7-12)15-11/h8H,3-7H2,1-2H3. The Morgan fingerprint density at radius 2 is 2.33 bits per heavy atom. The smallest absolute Gasteiger partial charge is 0.186 e. The lowest BCUT2D eigenvalue weighted by Crippen LogP contribution is -2.37. The summed E-state index contributed by atoms with van der Waals surface area (Å²) in [6.07, 6.45) is 3.99. The van der Waals surface area contributed by atoms with Crippen molar-refractivity contribution in [3.63, 3.8) is 0 Å². The Labute approximate surface area is 104 Å². The number of hydrogen-bond donors (Lipinski definition) is 0. The molecule has 1 aromatic heterocycles. The van der Waals surface area contributed by atoms with Crippen LogP contribution in [-0.2, 0) is 5.33 Å². The number of thiazole rings is 1. The molecule has 0 radical (unpaired) electrons. The van der Waals surface area contributed by atoms with Crippen LogP contribution < -0.4 is 4.90 Å². The maximum absolute atomic E-state index is 4.67. The van der Waals surface area contributed by atoms with E-state index >= 15 is 0 Å². The molecule has 2 nitrogen and oxygen atoms in total. The monoisotopic (exact) mass is 288 g/mol. The number of aromatic nitrogens is 1. The molecule has 15 heavy (non-hydrogen) atoms. The second-order valence-corrected chi connectivity index (χ2v) is 5.80. The lowest BCUT2D eigenvalue weighted by molar-refractivity contribution is 0.484. The molecular weight excluding hydrogens is 272 g/mol.